The van der Waals surface area contributed by atoms with Gasteiger partial charge in [-0.15, -0.1) is 12.4 Å². The maximum atomic E-state index is 12.9. The van der Waals surface area contributed by atoms with Crippen molar-refractivity contribution in [3.63, 3.8) is 0 Å². The zero-order chi connectivity index (χ0) is 15.0. The largest absolute Gasteiger partial charge is 0.316 e. The van der Waals surface area contributed by atoms with Gasteiger partial charge in [0, 0.05) is 42.3 Å². The second-order valence-electron chi connectivity index (χ2n) is 5.11. The number of hydrogen-bond acceptors (Lipinski definition) is 4. The molecule has 22 heavy (non-hydrogen) atoms. The summed E-state index contributed by atoms with van der Waals surface area (Å²) in [6.07, 6.45) is 3.92. The molecule has 0 bridgehead atoms. The normalized spacial score (nSPS) is 19.3. The molecule has 1 fully saturated rings. The zero-order valence-corrected chi connectivity index (χ0v) is 14.4. The third kappa shape index (κ3) is 2.94. The molecular formula is C14H17Cl2N3O2S. The molecule has 1 aliphatic rings. The fraction of sp³-hybridized carbons (Fsp3) is 0.357. The number of pyridine rings is 1. The molecule has 0 saturated carbocycles. The Bertz CT molecular complexity index is 778. The standard InChI is InChI=1S/C14H16ClN3O2S.ClH/c1-16-11-5-6-18(9-11)21(19,20)13-4-2-3-10-7-17-8-12(15)14(10)13;/h2-4,7-8,11,16H,5-6,9H2,1H3;1H/t11-;/m0./s1. The van der Waals surface area contributed by atoms with E-state index in [2.05, 4.69) is 10.3 Å². The van der Waals surface area contributed by atoms with Crippen LogP contribution in [-0.2, 0) is 10.0 Å². The summed E-state index contributed by atoms with van der Waals surface area (Å²) in [4.78, 5) is 4.26. The molecular weight excluding hydrogens is 345 g/mol. The monoisotopic (exact) mass is 361 g/mol. The number of rotatable bonds is 3. The SMILES string of the molecule is CN[C@H]1CCN(S(=O)(=O)c2cccc3cncc(Cl)c23)C1.Cl. The van der Waals surface area contributed by atoms with Crippen molar-refractivity contribution in [3.8, 4) is 0 Å². The smallest absolute Gasteiger partial charge is 0.243 e. The lowest BCUT2D eigenvalue weighted by molar-refractivity contribution is 0.465. The van der Waals surface area contributed by atoms with Crippen molar-refractivity contribution in [1.29, 1.82) is 0 Å². The van der Waals surface area contributed by atoms with Gasteiger partial charge in [0.25, 0.3) is 0 Å². The fourth-order valence-corrected chi connectivity index (χ4v) is 4.75. The minimum atomic E-state index is -3.55. The van der Waals surface area contributed by atoms with Crippen LogP contribution in [0.5, 0.6) is 0 Å². The predicted molar refractivity (Wildman–Crippen MR) is 90.2 cm³/mol. The predicted octanol–water partition coefficient (Wildman–Crippen LogP) is 2.29. The van der Waals surface area contributed by atoms with Crippen LogP contribution in [0.4, 0.5) is 0 Å². The zero-order valence-electron chi connectivity index (χ0n) is 12.0. The van der Waals surface area contributed by atoms with E-state index < -0.39 is 10.0 Å². The molecule has 2 heterocycles. The summed E-state index contributed by atoms with van der Waals surface area (Å²) in [5.41, 5.74) is 0. The van der Waals surface area contributed by atoms with Crippen LogP contribution in [0, 0.1) is 0 Å². The van der Waals surface area contributed by atoms with Crippen LogP contribution in [0.25, 0.3) is 10.8 Å². The average molecular weight is 362 g/mol. The number of nitrogens with zero attached hydrogens (tertiary/aromatic N) is 2. The Morgan fingerprint density at radius 3 is 2.82 bits per heavy atom. The van der Waals surface area contributed by atoms with Crippen molar-refractivity contribution in [1.82, 2.24) is 14.6 Å². The Kier molecular flexibility index (Phi) is 5.29. The van der Waals surface area contributed by atoms with Gasteiger partial charge < -0.3 is 5.32 Å². The van der Waals surface area contributed by atoms with E-state index in [9.17, 15) is 8.42 Å². The van der Waals surface area contributed by atoms with Crippen LogP contribution < -0.4 is 5.32 Å². The van der Waals surface area contributed by atoms with E-state index in [0.717, 1.165) is 11.8 Å². The van der Waals surface area contributed by atoms with E-state index >= 15 is 0 Å². The average Bonchev–Trinajstić information content (AvgIpc) is 2.97. The van der Waals surface area contributed by atoms with Crippen molar-refractivity contribution < 1.29 is 8.42 Å². The number of likely N-dealkylation sites (N-methyl/N-ethyl adjacent to an activating group) is 1. The topological polar surface area (TPSA) is 62.3 Å². The third-order valence-corrected chi connectivity index (χ3v) is 6.07. The van der Waals surface area contributed by atoms with Crippen molar-refractivity contribution in [2.24, 2.45) is 0 Å². The number of nitrogens with one attached hydrogen (secondary N) is 1. The summed E-state index contributed by atoms with van der Waals surface area (Å²) in [5.74, 6) is 0. The van der Waals surface area contributed by atoms with Gasteiger partial charge in [-0.3, -0.25) is 4.98 Å². The van der Waals surface area contributed by atoms with E-state index in [-0.39, 0.29) is 23.3 Å². The highest BCUT2D eigenvalue weighted by atomic mass is 35.5. The Balaban J connectivity index is 0.00000176. The van der Waals surface area contributed by atoms with Crippen molar-refractivity contribution in [2.45, 2.75) is 17.4 Å². The van der Waals surface area contributed by atoms with Crippen LogP contribution in [0.15, 0.2) is 35.5 Å². The Morgan fingerprint density at radius 2 is 2.14 bits per heavy atom. The van der Waals surface area contributed by atoms with Crippen LogP contribution in [0.3, 0.4) is 0 Å². The van der Waals surface area contributed by atoms with Crippen LogP contribution in [0.1, 0.15) is 6.42 Å². The molecule has 1 aromatic carbocycles. The Morgan fingerprint density at radius 1 is 1.36 bits per heavy atom. The number of fused-ring (bicyclic) bond motifs is 1. The van der Waals surface area contributed by atoms with Gasteiger partial charge >= 0.3 is 0 Å². The lowest BCUT2D eigenvalue weighted by atomic mass is 10.2. The highest BCUT2D eigenvalue weighted by Gasteiger charge is 2.33. The molecule has 1 saturated heterocycles. The summed E-state index contributed by atoms with van der Waals surface area (Å²) < 4.78 is 27.3. The highest BCUT2D eigenvalue weighted by molar-refractivity contribution is 7.89. The van der Waals surface area contributed by atoms with Gasteiger partial charge in [-0.1, -0.05) is 23.7 Å². The molecule has 0 spiro atoms. The lowest BCUT2D eigenvalue weighted by Crippen LogP contribution is -2.33. The summed E-state index contributed by atoms with van der Waals surface area (Å²) in [6, 6.07) is 5.34. The van der Waals surface area contributed by atoms with E-state index in [4.69, 9.17) is 11.6 Å². The summed E-state index contributed by atoms with van der Waals surface area (Å²) in [5, 5.41) is 4.75. The fourth-order valence-electron chi connectivity index (χ4n) is 2.70. The van der Waals surface area contributed by atoms with E-state index in [1.807, 2.05) is 13.1 Å². The molecule has 0 aliphatic carbocycles. The van der Waals surface area contributed by atoms with Crippen molar-refractivity contribution in [3.05, 3.63) is 35.6 Å². The van der Waals surface area contributed by atoms with Gasteiger partial charge in [0.05, 0.1) is 9.92 Å². The first-order chi connectivity index (χ1) is 10.0. The molecule has 1 aromatic heterocycles. The minimum absolute atomic E-state index is 0. The number of hydrogen-bond donors (Lipinski definition) is 1. The molecule has 8 heteroatoms. The van der Waals surface area contributed by atoms with Gasteiger partial charge in [-0.2, -0.15) is 4.31 Å². The first-order valence-corrected chi connectivity index (χ1v) is 8.55. The second kappa shape index (κ2) is 6.68. The maximum absolute atomic E-state index is 12.9. The minimum Gasteiger partial charge on any atom is -0.316 e. The molecule has 0 unspecified atom stereocenters. The van der Waals surface area contributed by atoms with Gasteiger partial charge in [0.15, 0.2) is 0 Å². The van der Waals surface area contributed by atoms with Crippen LogP contribution >= 0.6 is 24.0 Å². The Labute approximate surface area is 141 Å². The molecule has 5 nitrogen and oxygen atoms in total. The Hall–Kier alpha value is -0.920. The summed E-state index contributed by atoms with van der Waals surface area (Å²) in [6.45, 7) is 1.00. The lowest BCUT2D eigenvalue weighted by Gasteiger charge is -2.18. The molecule has 2 aromatic rings. The maximum Gasteiger partial charge on any atom is 0.243 e. The number of aromatic nitrogens is 1. The summed E-state index contributed by atoms with van der Waals surface area (Å²) >= 11 is 6.17. The number of sulfonamides is 1. The molecule has 1 aliphatic heterocycles. The molecule has 0 amide bonds. The molecule has 0 radical (unpaired) electrons. The van der Waals surface area contributed by atoms with Crippen molar-refractivity contribution >= 4 is 44.8 Å². The quantitative estimate of drug-likeness (QED) is 0.910. The van der Waals surface area contributed by atoms with Crippen molar-refractivity contribution in [2.75, 3.05) is 20.1 Å². The van der Waals surface area contributed by atoms with Gasteiger partial charge in [-0.25, -0.2) is 8.42 Å². The first kappa shape index (κ1) is 17.4. The molecule has 120 valence electrons. The van der Waals surface area contributed by atoms with E-state index in [0.29, 0.717) is 23.5 Å². The third-order valence-electron chi connectivity index (χ3n) is 3.88. The summed E-state index contributed by atoms with van der Waals surface area (Å²) in [7, 11) is -1.70. The molecule has 1 atom stereocenters. The van der Waals surface area contributed by atoms with Gasteiger partial charge in [0.2, 0.25) is 10.0 Å². The van der Waals surface area contributed by atoms with E-state index in [1.165, 1.54) is 10.5 Å². The number of halogens is 2. The molecule has 1 N–H and O–H groups in total. The van der Waals surface area contributed by atoms with Crippen LogP contribution in [0.2, 0.25) is 5.02 Å². The van der Waals surface area contributed by atoms with Gasteiger partial charge in [-0.05, 0) is 19.5 Å². The molecule has 3 rings (SSSR count). The van der Waals surface area contributed by atoms with E-state index in [1.54, 1.807) is 18.3 Å². The second-order valence-corrected chi connectivity index (χ2v) is 7.43. The highest BCUT2D eigenvalue weighted by Crippen LogP contribution is 2.31. The van der Waals surface area contributed by atoms with Gasteiger partial charge in [0.1, 0.15) is 0 Å². The number of benzene rings is 1. The first-order valence-electron chi connectivity index (χ1n) is 6.73. The van der Waals surface area contributed by atoms with Crippen LogP contribution in [-0.4, -0.2) is 43.9 Å².